The first-order valence-electron chi connectivity index (χ1n) is 11.3. The zero-order valence-electron chi connectivity index (χ0n) is 19.2. The number of rotatable bonds is 6. The Kier molecular flexibility index (Phi) is 6.73. The van der Waals surface area contributed by atoms with Gasteiger partial charge in [-0.15, -0.1) is 5.10 Å². The highest BCUT2D eigenvalue weighted by atomic mass is 79.9. The molecule has 4 aromatic rings. The molecule has 0 aliphatic carbocycles. The zero-order chi connectivity index (χ0) is 24.4. The summed E-state index contributed by atoms with van der Waals surface area (Å²) in [5.74, 6) is 0.350. The largest absolute Gasteiger partial charge is 0.490 e. The van der Waals surface area contributed by atoms with Crippen molar-refractivity contribution in [1.29, 1.82) is 0 Å². The van der Waals surface area contributed by atoms with E-state index in [0.717, 1.165) is 15.6 Å². The molecule has 0 bridgehead atoms. The molecule has 1 aliphatic rings. The number of hydrogen-bond acceptors (Lipinski definition) is 5. The Morgan fingerprint density at radius 1 is 1.03 bits per heavy atom. The van der Waals surface area contributed by atoms with Crippen LogP contribution >= 0.6 is 15.9 Å². The summed E-state index contributed by atoms with van der Waals surface area (Å²) in [7, 11) is -3.85. The number of fused-ring (bicyclic) bond motifs is 1. The number of sulfonamides is 1. The first-order chi connectivity index (χ1) is 16.9. The average Bonchev–Trinajstić information content (AvgIpc) is 3.25. The van der Waals surface area contributed by atoms with Crippen molar-refractivity contribution in [1.82, 2.24) is 19.3 Å². The second kappa shape index (κ2) is 9.93. The van der Waals surface area contributed by atoms with Gasteiger partial charge >= 0.3 is 0 Å². The van der Waals surface area contributed by atoms with Crippen LogP contribution in [0.15, 0.2) is 88.4 Å². The maximum atomic E-state index is 13.9. The minimum absolute atomic E-state index is 0.104. The van der Waals surface area contributed by atoms with Gasteiger partial charge in [-0.1, -0.05) is 75.7 Å². The van der Waals surface area contributed by atoms with Crippen molar-refractivity contribution in [2.24, 2.45) is 0 Å². The van der Waals surface area contributed by atoms with Crippen molar-refractivity contribution in [3.8, 4) is 5.75 Å². The first kappa shape index (κ1) is 23.7. The lowest BCUT2D eigenvalue weighted by atomic mass is 10.1. The molecule has 0 saturated carbocycles. The molecule has 0 amide bonds. The summed E-state index contributed by atoms with van der Waals surface area (Å²) >= 11 is 3.42. The van der Waals surface area contributed by atoms with Gasteiger partial charge in [-0.25, -0.2) is 13.1 Å². The maximum Gasteiger partial charge on any atom is 0.247 e. The lowest BCUT2D eigenvalue weighted by Gasteiger charge is -2.27. The predicted molar refractivity (Wildman–Crippen MR) is 137 cm³/mol. The van der Waals surface area contributed by atoms with Gasteiger partial charge in [0.25, 0.3) is 0 Å². The Hall–Kier alpha value is -3.01. The van der Waals surface area contributed by atoms with Crippen LogP contribution in [0.3, 0.4) is 0 Å². The second-order valence-electron chi connectivity index (χ2n) is 8.63. The first-order valence-corrected chi connectivity index (χ1v) is 13.5. The number of ether oxygens (including phenoxy) is 1. The number of aromatic nitrogens is 3. The highest BCUT2D eigenvalue weighted by Crippen LogP contribution is 2.35. The van der Waals surface area contributed by atoms with Gasteiger partial charge in [0.1, 0.15) is 17.3 Å². The number of hydrogen-bond donors (Lipinski definition) is 0. The van der Waals surface area contributed by atoms with E-state index < -0.39 is 16.1 Å². The number of benzene rings is 3. The molecule has 2 heterocycles. The van der Waals surface area contributed by atoms with Gasteiger partial charge < -0.3 is 4.74 Å². The zero-order valence-corrected chi connectivity index (χ0v) is 21.6. The Morgan fingerprint density at radius 2 is 1.80 bits per heavy atom. The molecule has 0 radical (unpaired) electrons. The summed E-state index contributed by atoms with van der Waals surface area (Å²) in [6, 6.07) is 22.6. The van der Waals surface area contributed by atoms with Crippen molar-refractivity contribution in [3.05, 3.63) is 106 Å². The van der Waals surface area contributed by atoms with Crippen LogP contribution in [0.1, 0.15) is 22.4 Å². The van der Waals surface area contributed by atoms with Crippen LogP contribution in [0.25, 0.3) is 0 Å². The number of nitrogens with zero attached hydrogens (tertiary/aromatic N) is 4. The van der Waals surface area contributed by atoms with Crippen molar-refractivity contribution in [2.45, 2.75) is 37.4 Å². The highest BCUT2D eigenvalue weighted by Gasteiger charge is 2.37. The van der Waals surface area contributed by atoms with Crippen LogP contribution in [0.4, 0.5) is 0 Å². The molecule has 5 rings (SSSR count). The molecule has 180 valence electrons. The van der Waals surface area contributed by atoms with Crippen LogP contribution in [0.2, 0.25) is 0 Å². The maximum absolute atomic E-state index is 13.9. The fourth-order valence-corrected chi connectivity index (χ4v) is 6.31. The number of aryl methyl sites for hydroxylation is 1. The molecule has 0 spiro atoms. The van der Waals surface area contributed by atoms with Gasteiger partial charge in [0, 0.05) is 4.47 Å². The molecule has 0 saturated heterocycles. The molecule has 0 unspecified atom stereocenters. The van der Waals surface area contributed by atoms with Crippen molar-refractivity contribution >= 4 is 26.0 Å². The van der Waals surface area contributed by atoms with Gasteiger partial charge in [0.15, 0.2) is 0 Å². The molecule has 1 aliphatic heterocycles. The molecular formula is C26H25BrN4O3S. The number of halogens is 1. The second-order valence-corrected chi connectivity index (χ2v) is 11.4. The molecule has 9 heteroatoms. The van der Waals surface area contributed by atoms with E-state index in [1.54, 1.807) is 22.9 Å². The summed E-state index contributed by atoms with van der Waals surface area (Å²) in [4.78, 5) is 0.156. The van der Waals surface area contributed by atoms with Gasteiger partial charge in [0.2, 0.25) is 10.0 Å². The molecule has 0 fully saturated rings. The van der Waals surface area contributed by atoms with Gasteiger partial charge in [0.05, 0.1) is 31.0 Å². The van der Waals surface area contributed by atoms with E-state index in [0.29, 0.717) is 24.4 Å². The molecular weight excluding hydrogens is 528 g/mol. The SMILES string of the molecule is Cc1ccccc1Cn1cc(CN2[C@@H](Cc3ccccc3)COc3cc(Br)ccc3S2(=O)=O)nn1. The summed E-state index contributed by atoms with van der Waals surface area (Å²) in [5, 5.41) is 8.56. The molecule has 3 aromatic carbocycles. The van der Waals surface area contributed by atoms with E-state index in [4.69, 9.17) is 4.74 Å². The Morgan fingerprint density at radius 3 is 2.60 bits per heavy atom. The molecule has 0 N–H and O–H groups in total. The monoisotopic (exact) mass is 552 g/mol. The third kappa shape index (κ3) is 5.17. The summed E-state index contributed by atoms with van der Waals surface area (Å²) < 4.78 is 37.8. The van der Waals surface area contributed by atoms with E-state index >= 15 is 0 Å². The smallest absolute Gasteiger partial charge is 0.247 e. The van der Waals surface area contributed by atoms with Crippen LogP contribution in [0.5, 0.6) is 5.75 Å². The molecule has 1 atom stereocenters. The van der Waals surface area contributed by atoms with E-state index in [2.05, 4.69) is 45.3 Å². The highest BCUT2D eigenvalue weighted by molar-refractivity contribution is 9.10. The van der Waals surface area contributed by atoms with Crippen molar-refractivity contribution in [2.75, 3.05) is 6.61 Å². The fourth-order valence-electron chi connectivity index (χ4n) is 4.27. The van der Waals surface area contributed by atoms with Crippen molar-refractivity contribution in [3.63, 3.8) is 0 Å². The van der Waals surface area contributed by atoms with Gasteiger partial charge in [-0.2, -0.15) is 4.31 Å². The molecule has 1 aromatic heterocycles. The Balaban J connectivity index is 1.47. The minimum Gasteiger partial charge on any atom is -0.490 e. The average molecular weight is 553 g/mol. The van der Waals surface area contributed by atoms with Gasteiger partial charge in [-0.05, 0) is 48.2 Å². The van der Waals surface area contributed by atoms with Gasteiger partial charge in [-0.3, -0.25) is 0 Å². The summed E-state index contributed by atoms with van der Waals surface area (Å²) in [6.45, 7) is 2.96. The van der Waals surface area contributed by atoms with Crippen LogP contribution < -0.4 is 4.74 Å². The standard InChI is InChI=1S/C26H25BrN4O3S/c1-19-7-5-6-10-21(19)15-30-16-23(28-29-30)17-31-24(13-20-8-3-2-4-9-20)18-34-25-14-22(27)11-12-26(25)35(31,32)33/h2-12,14,16,24H,13,15,17-18H2,1H3/t24-/m0/s1. The third-order valence-corrected chi connectivity index (χ3v) is 8.57. The lowest BCUT2D eigenvalue weighted by Crippen LogP contribution is -2.42. The predicted octanol–water partition coefficient (Wildman–Crippen LogP) is 4.59. The lowest BCUT2D eigenvalue weighted by molar-refractivity contribution is 0.206. The van der Waals surface area contributed by atoms with Crippen molar-refractivity contribution < 1.29 is 13.2 Å². The van der Waals surface area contributed by atoms with Crippen LogP contribution in [-0.2, 0) is 29.5 Å². The molecule has 7 nitrogen and oxygen atoms in total. The summed E-state index contributed by atoms with van der Waals surface area (Å²) in [5.41, 5.74) is 3.93. The van der Waals surface area contributed by atoms with Crippen LogP contribution in [-0.4, -0.2) is 40.4 Å². The van der Waals surface area contributed by atoms with E-state index in [9.17, 15) is 8.42 Å². The Bertz CT molecular complexity index is 1440. The topological polar surface area (TPSA) is 77.3 Å². The van der Waals surface area contributed by atoms with E-state index in [-0.39, 0.29) is 18.0 Å². The fraction of sp³-hybridized carbons (Fsp3) is 0.231. The van der Waals surface area contributed by atoms with Crippen LogP contribution in [0, 0.1) is 6.92 Å². The Labute approximate surface area is 213 Å². The summed E-state index contributed by atoms with van der Waals surface area (Å²) in [6.07, 6.45) is 2.34. The third-order valence-electron chi connectivity index (χ3n) is 6.14. The van der Waals surface area contributed by atoms with E-state index in [1.165, 1.54) is 9.87 Å². The molecule has 35 heavy (non-hydrogen) atoms. The van der Waals surface area contributed by atoms with E-state index in [1.807, 2.05) is 48.7 Å². The minimum atomic E-state index is -3.85. The quantitative estimate of drug-likeness (QED) is 0.349. The normalized spacial score (nSPS) is 17.4.